The van der Waals surface area contributed by atoms with Crippen LogP contribution in [0.5, 0.6) is 5.75 Å². The van der Waals surface area contributed by atoms with Crippen LogP contribution in [0.4, 0.5) is 4.79 Å². The Labute approximate surface area is 135 Å². The summed E-state index contributed by atoms with van der Waals surface area (Å²) >= 11 is 0. The molecule has 0 saturated carbocycles. The first-order valence-corrected chi connectivity index (χ1v) is 7.50. The molecule has 2 amide bonds. The average Bonchev–Trinajstić information content (AvgIpc) is 2.62. The Balaban J connectivity index is 2.00. The maximum absolute atomic E-state index is 12.7. The molecule has 1 fully saturated rings. The van der Waals surface area contributed by atoms with E-state index in [-0.39, 0.29) is 12.6 Å². The lowest BCUT2D eigenvalue weighted by molar-refractivity contribution is -0.129. The number of nitrogens with one attached hydrogen (secondary N) is 1. The highest BCUT2D eigenvalue weighted by Crippen LogP contribution is 2.14. The Morgan fingerprint density at radius 3 is 2.65 bits per heavy atom. The minimum atomic E-state index is -0.0642. The fraction of sp³-hybridized carbons (Fsp3) is 0.533. The summed E-state index contributed by atoms with van der Waals surface area (Å²) in [6, 6.07) is 7.50. The second-order valence-corrected chi connectivity index (χ2v) is 5.09. The Morgan fingerprint density at radius 1 is 1.35 bits per heavy atom. The van der Waals surface area contributed by atoms with Crippen molar-refractivity contribution in [1.29, 1.82) is 0 Å². The third kappa shape index (κ3) is 5.36. The van der Waals surface area contributed by atoms with Crippen molar-refractivity contribution in [3.63, 3.8) is 0 Å². The molecule has 0 unspecified atom stereocenters. The molecule has 0 aromatic heterocycles. The summed E-state index contributed by atoms with van der Waals surface area (Å²) in [6.45, 7) is 3.26. The molecule has 23 heavy (non-hydrogen) atoms. The van der Waals surface area contributed by atoms with Gasteiger partial charge in [0, 0.05) is 26.2 Å². The second-order valence-electron chi connectivity index (χ2n) is 5.09. The van der Waals surface area contributed by atoms with Crippen LogP contribution < -0.4 is 10.4 Å². The van der Waals surface area contributed by atoms with E-state index < -0.39 is 0 Å². The number of nitrogens with zero attached hydrogens (tertiary/aromatic N) is 2. The predicted octanol–water partition coefficient (Wildman–Crippen LogP) is 0.860. The van der Waals surface area contributed by atoms with Crippen LogP contribution >= 0.6 is 0 Å². The van der Waals surface area contributed by atoms with Gasteiger partial charge in [0.2, 0.25) is 0 Å². The third-order valence-corrected chi connectivity index (χ3v) is 3.61. The fourth-order valence-electron chi connectivity index (χ4n) is 2.35. The molecule has 1 aromatic rings. The van der Waals surface area contributed by atoms with Gasteiger partial charge in [-0.25, -0.2) is 4.79 Å². The molecule has 0 bridgehead atoms. The lowest BCUT2D eigenvalue weighted by Gasteiger charge is -2.33. The van der Waals surface area contributed by atoms with E-state index in [2.05, 4.69) is 0 Å². The van der Waals surface area contributed by atoms with Gasteiger partial charge in [-0.05, 0) is 17.7 Å². The van der Waals surface area contributed by atoms with Gasteiger partial charge < -0.3 is 19.3 Å². The van der Waals surface area contributed by atoms with E-state index in [1.54, 1.807) is 22.6 Å². The molecule has 2 N–H and O–H groups in total. The minimum absolute atomic E-state index is 0.0642. The summed E-state index contributed by atoms with van der Waals surface area (Å²) in [5, 5.41) is 8.50. The molecule has 1 aromatic carbocycles. The molecule has 8 nitrogen and oxygen atoms in total. The number of rotatable bonds is 7. The molecule has 0 aliphatic carbocycles. The topological polar surface area (TPSA) is 83.5 Å². The minimum Gasteiger partial charge on any atom is -0.497 e. The highest BCUT2D eigenvalue weighted by molar-refractivity contribution is 5.74. The van der Waals surface area contributed by atoms with Crippen molar-refractivity contribution in [1.82, 2.24) is 15.4 Å². The molecule has 1 aliphatic heterocycles. The van der Waals surface area contributed by atoms with E-state index in [4.69, 9.17) is 19.5 Å². The van der Waals surface area contributed by atoms with Gasteiger partial charge >= 0.3 is 6.03 Å². The van der Waals surface area contributed by atoms with Crippen LogP contribution in [0.3, 0.4) is 0 Å². The lowest BCUT2D eigenvalue weighted by Crippen LogP contribution is -2.48. The van der Waals surface area contributed by atoms with Crippen molar-refractivity contribution in [3.05, 3.63) is 29.8 Å². The second kappa shape index (κ2) is 9.31. The zero-order chi connectivity index (χ0) is 16.5. The maximum atomic E-state index is 12.7. The average molecular weight is 325 g/mol. The molecule has 0 atom stereocenters. The molecular formula is C15H23N3O5. The van der Waals surface area contributed by atoms with Crippen LogP contribution in [0.2, 0.25) is 0 Å². The van der Waals surface area contributed by atoms with Gasteiger partial charge in [-0.1, -0.05) is 17.8 Å². The Bertz CT molecular complexity index is 477. The highest BCUT2D eigenvalue weighted by Gasteiger charge is 2.23. The summed E-state index contributed by atoms with van der Waals surface area (Å²) in [6.07, 6.45) is 0. The van der Waals surface area contributed by atoms with Crippen molar-refractivity contribution in [3.8, 4) is 5.75 Å². The Kier molecular flexibility index (Phi) is 7.08. The Hall–Kier alpha value is -1.87. The van der Waals surface area contributed by atoms with Gasteiger partial charge in [0.25, 0.3) is 0 Å². The number of amides is 2. The smallest absolute Gasteiger partial charge is 0.320 e. The summed E-state index contributed by atoms with van der Waals surface area (Å²) in [7, 11) is 1.61. The monoisotopic (exact) mass is 325 g/mol. The van der Waals surface area contributed by atoms with E-state index in [0.29, 0.717) is 39.4 Å². The van der Waals surface area contributed by atoms with E-state index in [1.807, 2.05) is 24.3 Å². The first-order chi connectivity index (χ1) is 11.2. The van der Waals surface area contributed by atoms with Crippen LogP contribution in [-0.2, 0) is 16.1 Å². The molecule has 128 valence electrons. The fourth-order valence-corrected chi connectivity index (χ4v) is 2.35. The first-order valence-electron chi connectivity index (χ1n) is 7.50. The van der Waals surface area contributed by atoms with Gasteiger partial charge in [-0.3, -0.25) is 10.0 Å². The first kappa shape index (κ1) is 17.5. The molecule has 1 heterocycles. The quantitative estimate of drug-likeness (QED) is 0.571. The number of ether oxygens (including phenoxy) is 2. The lowest BCUT2D eigenvalue weighted by atomic mass is 10.2. The van der Waals surface area contributed by atoms with Crippen LogP contribution in [0.1, 0.15) is 5.56 Å². The van der Waals surface area contributed by atoms with Gasteiger partial charge in [-0.2, -0.15) is 0 Å². The summed E-state index contributed by atoms with van der Waals surface area (Å²) in [4.78, 5) is 20.8. The van der Waals surface area contributed by atoms with Gasteiger partial charge in [0.1, 0.15) is 5.75 Å². The van der Waals surface area contributed by atoms with Crippen LogP contribution in [0, 0.1) is 0 Å². The van der Waals surface area contributed by atoms with Crippen molar-refractivity contribution in [2.24, 2.45) is 0 Å². The third-order valence-electron chi connectivity index (χ3n) is 3.61. The molecule has 1 aliphatic rings. The number of methoxy groups -OCH3 is 1. The van der Waals surface area contributed by atoms with Crippen LogP contribution in [-0.4, -0.2) is 67.6 Å². The van der Waals surface area contributed by atoms with Crippen molar-refractivity contribution >= 4 is 6.03 Å². The highest BCUT2D eigenvalue weighted by atomic mass is 16.8. The van der Waals surface area contributed by atoms with Gasteiger partial charge in [0.05, 0.1) is 26.9 Å². The van der Waals surface area contributed by atoms with E-state index in [1.165, 1.54) is 0 Å². The summed E-state index contributed by atoms with van der Waals surface area (Å²) in [5.74, 6) is 0.771. The van der Waals surface area contributed by atoms with Crippen molar-refractivity contribution in [2.75, 3.05) is 46.6 Å². The largest absolute Gasteiger partial charge is 0.497 e. The molecular weight excluding hydrogens is 302 g/mol. The number of carbonyl (C=O) groups excluding carboxylic acids is 1. The van der Waals surface area contributed by atoms with E-state index >= 15 is 0 Å². The molecule has 2 rings (SSSR count). The zero-order valence-electron chi connectivity index (χ0n) is 13.2. The standard InChI is InChI=1S/C15H23N3O5/c1-21-14-4-2-13(3-5-14)12-18(8-11-23-16-20)15(19)17-6-9-22-10-7-17/h2-5,16,20H,6-12H2,1H3. The molecule has 0 radical (unpaired) electrons. The molecule has 0 spiro atoms. The van der Waals surface area contributed by atoms with Crippen LogP contribution in [0.25, 0.3) is 0 Å². The maximum Gasteiger partial charge on any atom is 0.320 e. The summed E-state index contributed by atoms with van der Waals surface area (Å²) < 4.78 is 10.4. The normalized spacial score (nSPS) is 14.6. The SMILES string of the molecule is COc1ccc(CN(CCONO)C(=O)N2CCOCC2)cc1. The number of morpholine rings is 1. The van der Waals surface area contributed by atoms with E-state index in [9.17, 15) is 4.79 Å². The number of hydrogen-bond acceptors (Lipinski definition) is 6. The van der Waals surface area contributed by atoms with Gasteiger partial charge in [0.15, 0.2) is 0 Å². The number of urea groups is 1. The Morgan fingerprint density at radius 2 is 2.04 bits per heavy atom. The zero-order valence-corrected chi connectivity index (χ0v) is 13.2. The number of benzene rings is 1. The molecule has 1 saturated heterocycles. The number of hydrogen-bond donors (Lipinski definition) is 2. The van der Waals surface area contributed by atoms with Crippen LogP contribution in [0.15, 0.2) is 24.3 Å². The van der Waals surface area contributed by atoms with E-state index in [0.717, 1.165) is 11.3 Å². The number of carbonyl (C=O) groups is 1. The molecule has 8 heteroatoms. The van der Waals surface area contributed by atoms with Gasteiger partial charge in [-0.15, -0.1) is 0 Å². The van der Waals surface area contributed by atoms with Crippen molar-refractivity contribution < 1.29 is 24.3 Å². The summed E-state index contributed by atoms with van der Waals surface area (Å²) in [5.41, 5.74) is 2.62. The van der Waals surface area contributed by atoms with Crippen molar-refractivity contribution in [2.45, 2.75) is 6.54 Å². The predicted molar refractivity (Wildman–Crippen MR) is 82.1 cm³/mol.